The Morgan fingerprint density at radius 2 is 1.34 bits per heavy atom. The van der Waals surface area contributed by atoms with Crippen LogP contribution in [-0.4, -0.2) is 17.4 Å². The fourth-order valence-electron chi connectivity index (χ4n) is 3.73. The van der Waals surface area contributed by atoms with Crippen LogP contribution in [-0.2, 0) is 4.79 Å². The number of hydrogen-bond acceptors (Lipinski definition) is 2. The lowest BCUT2D eigenvalue weighted by molar-refractivity contribution is -0.113. The van der Waals surface area contributed by atoms with Crippen LogP contribution >= 0.6 is 11.8 Å². The second kappa shape index (κ2) is 15.8. The average molecular weight is 422 g/mol. The van der Waals surface area contributed by atoms with Crippen molar-refractivity contribution < 1.29 is 6.22 Å². The fourth-order valence-corrected chi connectivity index (χ4v) is 4.54. The highest BCUT2D eigenvalue weighted by Gasteiger charge is 2.15. The molecule has 3 heteroatoms. The van der Waals surface area contributed by atoms with Gasteiger partial charge >= 0.3 is 0 Å². The van der Waals surface area contributed by atoms with Crippen molar-refractivity contribution in [1.82, 2.24) is 0 Å². The predicted molar refractivity (Wildman–Crippen MR) is 135 cm³/mol. The quantitative estimate of drug-likeness (QED) is 0.270. The van der Waals surface area contributed by atoms with Crippen molar-refractivity contribution in [2.24, 2.45) is 0 Å². The van der Waals surface area contributed by atoms with Gasteiger partial charge in [-0.2, -0.15) is 11.8 Å². The van der Waals surface area contributed by atoms with E-state index in [0.29, 0.717) is 17.6 Å². The first-order valence-electron chi connectivity index (χ1n) is 12.0. The second-order valence-electron chi connectivity index (χ2n) is 8.90. The molecule has 0 heterocycles. The first-order chi connectivity index (χ1) is 14.0. The third-order valence-electron chi connectivity index (χ3n) is 5.51. The summed E-state index contributed by atoms with van der Waals surface area (Å²) in [5, 5.41) is 3.22. The van der Waals surface area contributed by atoms with Crippen LogP contribution in [0.2, 0.25) is 0 Å². The van der Waals surface area contributed by atoms with E-state index in [-0.39, 0.29) is 7.33 Å². The lowest BCUT2D eigenvalue weighted by atomic mass is 9.92. The van der Waals surface area contributed by atoms with Crippen molar-refractivity contribution in [1.29, 1.82) is 0 Å². The summed E-state index contributed by atoms with van der Waals surface area (Å²) in [6.07, 6.45) is 13.6. The molecule has 0 spiro atoms. The van der Waals surface area contributed by atoms with Gasteiger partial charge < -0.3 is 5.32 Å². The van der Waals surface area contributed by atoms with Crippen LogP contribution in [0.5, 0.6) is 0 Å². The molecular formula is C26H47NOS. The summed E-state index contributed by atoms with van der Waals surface area (Å²) in [6.45, 7) is 11.0. The molecule has 0 aliphatic rings. The number of amides is 1. The Bertz CT molecular complexity index is 548. The number of thioether (sulfide) groups is 1. The summed E-state index contributed by atoms with van der Waals surface area (Å²) in [5.74, 6) is 2.59. The van der Waals surface area contributed by atoms with Gasteiger partial charge in [-0.25, -0.2) is 0 Å². The smallest absolute Gasteiger partial charge is 0.234 e. The van der Waals surface area contributed by atoms with Crippen molar-refractivity contribution >= 4 is 23.4 Å². The highest BCUT2D eigenvalue weighted by atomic mass is 32.2. The Morgan fingerprint density at radius 3 is 1.83 bits per heavy atom. The summed E-state index contributed by atoms with van der Waals surface area (Å²) < 4.78 is 0. The van der Waals surface area contributed by atoms with Crippen LogP contribution < -0.4 is 5.32 Å². The van der Waals surface area contributed by atoms with E-state index < -0.39 is 0 Å². The first-order valence-corrected chi connectivity index (χ1v) is 13.1. The summed E-state index contributed by atoms with van der Waals surface area (Å²) in [4.78, 5) is 12.5. The molecule has 0 fully saturated rings. The maximum Gasteiger partial charge on any atom is 0.234 e. The first kappa shape index (κ1) is 26.1. The maximum absolute atomic E-state index is 12.5. The lowest BCUT2D eigenvalue weighted by Crippen LogP contribution is -2.18. The van der Waals surface area contributed by atoms with E-state index in [1.165, 1.54) is 75.3 Å². The van der Waals surface area contributed by atoms with Gasteiger partial charge in [-0.15, -0.1) is 0 Å². The van der Waals surface area contributed by atoms with E-state index >= 15 is 0 Å². The van der Waals surface area contributed by atoms with E-state index in [1.807, 2.05) is 0 Å². The zero-order valence-corrected chi connectivity index (χ0v) is 20.5. The molecule has 1 rings (SSSR count). The molecule has 0 unspecified atom stereocenters. The molecule has 0 saturated carbocycles. The molecule has 0 aromatic heterocycles. The number of nitrogens with one attached hydrogen (secondary N) is 1. The second-order valence-corrected chi connectivity index (χ2v) is 10.0. The zero-order valence-electron chi connectivity index (χ0n) is 19.7. The molecule has 1 aromatic carbocycles. The minimum Gasteiger partial charge on any atom is -0.325 e. The Kier molecular flexibility index (Phi) is 14.2. The highest BCUT2D eigenvalue weighted by Crippen LogP contribution is 2.32. The minimum atomic E-state index is 0. The van der Waals surface area contributed by atoms with Crippen molar-refractivity contribution in [3.05, 3.63) is 29.3 Å². The topological polar surface area (TPSA) is 29.1 Å². The van der Waals surface area contributed by atoms with Crippen LogP contribution in [0, 0.1) is 0 Å². The van der Waals surface area contributed by atoms with Crippen molar-refractivity contribution in [2.75, 3.05) is 16.8 Å². The molecule has 0 atom stereocenters. The molecule has 0 aliphatic heterocycles. The minimum absolute atomic E-state index is 0. The van der Waals surface area contributed by atoms with Gasteiger partial charge in [0.05, 0.1) is 5.75 Å². The molecule has 0 radical (unpaired) electrons. The highest BCUT2D eigenvalue weighted by molar-refractivity contribution is 7.99. The number of hydrogen-bond donors (Lipinski definition) is 1. The van der Waals surface area contributed by atoms with Crippen molar-refractivity contribution in [3.8, 4) is 0 Å². The standard InChI is InChI=1S/C26H45NOS.H2/c1-6-7-8-9-10-11-12-13-14-15-19-29-20-25(28)27-26-23(21(2)3)17-16-18-24(26)22(4)5;/h16-18,21-22H,6-15,19-20H2,1-5H3,(H,27,28);1H. The van der Waals surface area contributed by atoms with Crippen LogP contribution in [0.25, 0.3) is 0 Å². The van der Waals surface area contributed by atoms with Crippen LogP contribution in [0.1, 0.15) is 123 Å². The largest absolute Gasteiger partial charge is 0.325 e. The molecule has 29 heavy (non-hydrogen) atoms. The zero-order chi connectivity index (χ0) is 21.5. The van der Waals surface area contributed by atoms with Gasteiger partial charge in [-0.1, -0.05) is 111 Å². The van der Waals surface area contributed by atoms with Gasteiger partial charge in [0, 0.05) is 7.11 Å². The van der Waals surface area contributed by atoms with E-state index in [9.17, 15) is 4.79 Å². The fraction of sp³-hybridized carbons (Fsp3) is 0.731. The third kappa shape index (κ3) is 11.1. The molecule has 0 bridgehead atoms. The molecule has 1 amide bonds. The van der Waals surface area contributed by atoms with Crippen LogP contribution in [0.3, 0.4) is 0 Å². The number of unbranched alkanes of at least 4 members (excludes halogenated alkanes) is 9. The number of para-hydroxylation sites is 1. The van der Waals surface area contributed by atoms with Gasteiger partial charge in [-0.3, -0.25) is 4.79 Å². The number of carbonyl (C=O) groups is 1. The number of anilines is 1. The molecule has 0 saturated heterocycles. The van der Waals surface area contributed by atoms with Gasteiger partial charge in [0.1, 0.15) is 0 Å². The predicted octanol–water partition coefficient (Wildman–Crippen LogP) is 8.77. The lowest BCUT2D eigenvalue weighted by Gasteiger charge is -2.20. The Morgan fingerprint density at radius 1 is 0.862 bits per heavy atom. The Balaban J connectivity index is 0.00000841. The molecule has 1 aromatic rings. The van der Waals surface area contributed by atoms with E-state index in [0.717, 1.165) is 11.4 Å². The van der Waals surface area contributed by atoms with Crippen LogP contribution in [0.15, 0.2) is 18.2 Å². The molecular weight excluding hydrogens is 374 g/mol. The van der Waals surface area contributed by atoms with Gasteiger partial charge in [0.15, 0.2) is 0 Å². The van der Waals surface area contributed by atoms with Gasteiger partial charge in [-0.05, 0) is 35.1 Å². The molecule has 0 aliphatic carbocycles. The van der Waals surface area contributed by atoms with E-state index in [4.69, 9.17) is 0 Å². The normalized spacial score (nSPS) is 11.4. The molecule has 1 N–H and O–H groups in total. The SMILES string of the molecule is CCCCCCCCCCCCSCC(=O)Nc1c(C(C)C)cccc1C(C)C.[HH]. The van der Waals surface area contributed by atoms with Gasteiger partial charge in [0.2, 0.25) is 5.91 Å². The monoisotopic (exact) mass is 421 g/mol. The van der Waals surface area contributed by atoms with E-state index in [1.54, 1.807) is 11.8 Å². The van der Waals surface area contributed by atoms with Crippen molar-refractivity contribution in [3.63, 3.8) is 0 Å². The third-order valence-corrected chi connectivity index (χ3v) is 6.56. The summed E-state index contributed by atoms with van der Waals surface area (Å²) >= 11 is 1.77. The number of rotatable bonds is 16. The molecule has 2 nitrogen and oxygen atoms in total. The van der Waals surface area contributed by atoms with Gasteiger partial charge in [0.25, 0.3) is 0 Å². The maximum atomic E-state index is 12.5. The number of benzene rings is 1. The van der Waals surface area contributed by atoms with Crippen LogP contribution in [0.4, 0.5) is 5.69 Å². The Hall–Kier alpha value is -0.960. The summed E-state index contributed by atoms with van der Waals surface area (Å²) in [6, 6.07) is 6.40. The van der Waals surface area contributed by atoms with E-state index in [2.05, 4.69) is 58.1 Å². The average Bonchev–Trinajstić information content (AvgIpc) is 2.68. The summed E-state index contributed by atoms with van der Waals surface area (Å²) in [7, 11) is 0. The molecule has 168 valence electrons. The van der Waals surface area contributed by atoms with Crippen molar-refractivity contribution in [2.45, 2.75) is 111 Å². The Labute approximate surface area is 186 Å². The summed E-state index contributed by atoms with van der Waals surface area (Å²) in [5.41, 5.74) is 3.52. The number of carbonyl (C=O) groups excluding carboxylic acids is 1.